The third kappa shape index (κ3) is 3.69. The largest absolute Gasteiger partial charge is 0.340 e. The van der Waals surface area contributed by atoms with Gasteiger partial charge in [-0.2, -0.15) is 0 Å². The lowest BCUT2D eigenvalue weighted by Crippen LogP contribution is -2.52. The van der Waals surface area contributed by atoms with Crippen molar-refractivity contribution in [3.8, 4) is 0 Å². The number of piperazine rings is 1. The van der Waals surface area contributed by atoms with E-state index in [0.717, 1.165) is 64.6 Å². The van der Waals surface area contributed by atoms with E-state index in [0.29, 0.717) is 5.91 Å². The molecule has 0 radical (unpaired) electrons. The Morgan fingerprint density at radius 1 is 1.28 bits per heavy atom. The minimum absolute atomic E-state index is 0.232. The SMILES string of the molecule is CC(C)CN1CCN(C(=O)[C@@H]2CCCNC2)CC1. The van der Waals surface area contributed by atoms with Crippen LogP contribution in [0.25, 0.3) is 0 Å². The zero-order valence-corrected chi connectivity index (χ0v) is 11.8. The van der Waals surface area contributed by atoms with Crippen molar-refractivity contribution in [1.29, 1.82) is 0 Å². The summed E-state index contributed by atoms with van der Waals surface area (Å²) < 4.78 is 0. The molecule has 1 N–H and O–H groups in total. The van der Waals surface area contributed by atoms with Gasteiger partial charge in [-0.1, -0.05) is 13.8 Å². The standard InChI is InChI=1S/C14H27N3O/c1-12(2)11-16-6-8-17(9-7-16)14(18)13-4-3-5-15-10-13/h12-13,15H,3-11H2,1-2H3/t13-/m1/s1. The predicted molar refractivity (Wildman–Crippen MR) is 73.5 cm³/mol. The topological polar surface area (TPSA) is 35.6 Å². The lowest BCUT2D eigenvalue weighted by molar-refractivity contribution is -0.137. The van der Waals surface area contributed by atoms with E-state index in [1.807, 2.05) is 0 Å². The molecular formula is C14H27N3O. The van der Waals surface area contributed by atoms with E-state index in [4.69, 9.17) is 0 Å². The Balaban J connectivity index is 1.76. The second kappa shape index (κ2) is 6.53. The van der Waals surface area contributed by atoms with Crippen molar-refractivity contribution < 1.29 is 4.79 Å². The predicted octanol–water partition coefficient (Wildman–Crippen LogP) is 0.786. The molecule has 2 aliphatic rings. The maximum Gasteiger partial charge on any atom is 0.227 e. The number of nitrogens with one attached hydrogen (secondary N) is 1. The summed E-state index contributed by atoms with van der Waals surface area (Å²) >= 11 is 0. The second-order valence-electron chi connectivity index (χ2n) is 6.06. The van der Waals surface area contributed by atoms with E-state index in [9.17, 15) is 4.79 Å². The van der Waals surface area contributed by atoms with Crippen LogP contribution in [0.2, 0.25) is 0 Å². The lowest BCUT2D eigenvalue weighted by atomic mass is 9.98. The summed E-state index contributed by atoms with van der Waals surface area (Å²) in [4.78, 5) is 16.9. The number of carbonyl (C=O) groups excluding carboxylic acids is 1. The van der Waals surface area contributed by atoms with Crippen LogP contribution >= 0.6 is 0 Å². The number of carbonyl (C=O) groups is 1. The summed E-state index contributed by atoms with van der Waals surface area (Å²) in [6.07, 6.45) is 2.21. The Hall–Kier alpha value is -0.610. The van der Waals surface area contributed by atoms with Crippen LogP contribution in [0.3, 0.4) is 0 Å². The average molecular weight is 253 g/mol. The van der Waals surface area contributed by atoms with Crippen molar-refractivity contribution in [3.05, 3.63) is 0 Å². The van der Waals surface area contributed by atoms with Gasteiger partial charge in [-0.3, -0.25) is 9.69 Å². The van der Waals surface area contributed by atoms with Crippen LogP contribution in [-0.4, -0.2) is 61.5 Å². The third-order valence-corrected chi connectivity index (χ3v) is 3.95. The molecule has 0 aromatic rings. The third-order valence-electron chi connectivity index (χ3n) is 3.95. The van der Waals surface area contributed by atoms with Crippen molar-refractivity contribution in [2.75, 3.05) is 45.8 Å². The summed E-state index contributed by atoms with van der Waals surface area (Å²) in [5.74, 6) is 1.33. The summed E-state index contributed by atoms with van der Waals surface area (Å²) in [5.41, 5.74) is 0. The van der Waals surface area contributed by atoms with E-state index in [2.05, 4.69) is 29.0 Å². The number of amides is 1. The fraction of sp³-hybridized carbons (Fsp3) is 0.929. The molecule has 4 heteroatoms. The van der Waals surface area contributed by atoms with Gasteiger partial charge in [0, 0.05) is 39.3 Å². The van der Waals surface area contributed by atoms with Crippen molar-refractivity contribution in [2.45, 2.75) is 26.7 Å². The molecule has 1 atom stereocenters. The Kier molecular flexibility index (Phi) is 5.01. The fourth-order valence-corrected chi connectivity index (χ4v) is 2.99. The molecule has 2 fully saturated rings. The van der Waals surface area contributed by atoms with Crippen LogP contribution in [0, 0.1) is 11.8 Å². The molecule has 2 saturated heterocycles. The van der Waals surface area contributed by atoms with Gasteiger partial charge in [-0.05, 0) is 25.3 Å². The van der Waals surface area contributed by atoms with Gasteiger partial charge >= 0.3 is 0 Å². The highest BCUT2D eigenvalue weighted by Crippen LogP contribution is 2.15. The van der Waals surface area contributed by atoms with Gasteiger partial charge in [0.05, 0.1) is 5.92 Å². The summed E-state index contributed by atoms with van der Waals surface area (Å²) in [7, 11) is 0. The Morgan fingerprint density at radius 3 is 2.56 bits per heavy atom. The van der Waals surface area contributed by atoms with E-state index in [1.165, 1.54) is 0 Å². The smallest absolute Gasteiger partial charge is 0.227 e. The van der Waals surface area contributed by atoms with Crippen LogP contribution in [0.15, 0.2) is 0 Å². The number of hydrogen-bond acceptors (Lipinski definition) is 3. The van der Waals surface area contributed by atoms with Gasteiger partial charge in [0.15, 0.2) is 0 Å². The molecule has 2 rings (SSSR count). The lowest BCUT2D eigenvalue weighted by Gasteiger charge is -2.37. The molecule has 2 heterocycles. The van der Waals surface area contributed by atoms with Crippen LogP contribution < -0.4 is 5.32 Å². The van der Waals surface area contributed by atoms with Crippen molar-refractivity contribution in [3.63, 3.8) is 0 Å². The zero-order valence-electron chi connectivity index (χ0n) is 11.8. The van der Waals surface area contributed by atoms with Crippen LogP contribution in [-0.2, 0) is 4.79 Å². The van der Waals surface area contributed by atoms with Gasteiger partial charge in [0.1, 0.15) is 0 Å². The van der Waals surface area contributed by atoms with E-state index in [-0.39, 0.29) is 5.92 Å². The Labute approximate surface area is 111 Å². The van der Waals surface area contributed by atoms with Crippen LogP contribution in [0.5, 0.6) is 0 Å². The summed E-state index contributed by atoms with van der Waals surface area (Å²) in [6, 6.07) is 0. The maximum atomic E-state index is 12.3. The first-order valence-corrected chi connectivity index (χ1v) is 7.38. The second-order valence-corrected chi connectivity index (χ2v) is 6.06. The highest BCUT2D eigenvalue weighted by atomic mass is 16.2. The summed E-state index contributed by atoms with van der Waals surface area (Å²) in [5, 5.41) is 3.33. The number of piperidine rings is 1. The van der Waals surface area contributed by atoms with Crippen molar-refractivity contribution in [1.82, 2.24) is 15.1 Å². The quantitative estimate of drug-likeness (QED) is 0.807. The molecule has 0 spiro atoms. The van der Waals surface area contributed by atoms with Gasteiger partial charge in [-0.15, -0.1) is 0 Å². The fourth-order valence-electron chi connectivity index (χ4n) is 2.99. The first-order chi connectivity index (χ1) is 8.66. The van der Waals surface area contributed by atoms with Crippen LogP contribution in [0.4, 0.5) is 0 Å². The zero-order chi connectivity index (χ0) is 13.0. The maximum absolute atomic E-state index is 12.3. The molecule has 18 heavy (non-hydrogen) atoms. The molecule has 0 aliphatic carbocycles. The average Bonchev–Trinajstić information content (AvgIpc) is 2.39. The normalized spacial score (nSPS) is 26.6. The minimum Gasteiger partial charge on any atom is -0.340 e. The highest BCUT2D eigenvalue weighted by molar-refractivity contribution is 5.79. The molecule has 1 amide bonds. The van der Waals surface area contributed by atoms with E-state index in [1.54, 1.807) is 0 Å². The van der Waals surface area contributed by atoms with Gasteiger partial charge in [-0.25, -0.2) is 0 Å². The van der Waals surface area contributed by atoms with Crippen molar-refractivity contribution in [2.24, 2.45) is 11.8 Å². The Morgan fingerprint density at radius 2 is 2.00 bits per heavy atom. The molecule has 0 aromatic heterocycles. The molecule has 4 nitrogen and oxygen atoms in total. The number of rotatable bonds is 3. The first-order valence-electron chi connectivity index (χ1n) is 7.38. The first kappa shape index (κ1) is 13.8. The molecule has 0 unspecified atom stereocenters. The molecular weight excluding hydrogens is 226 g/mol. The van der Waals surface area contributed by atoms with Crippen molar-refractivity contribution >= 4 is 5.91 Å². The molecule has 0 aromatic carbocycles. The number of nitrogens with zero attached hydrogens (tertiary/aromatic N) is 2. The molecule has 0 saturated carbocycles. The highest BCUT2D eigenvalue weighted by Gasteiger charge is 2.28. The van der Waals surface area contributed by atoms with Gasteiger partial charge < -0.3 is 10.2 Å². The van der Waals surface area contributed by atoms with Gasteiger partial charge in [0.25, 0.3) is 0 Å². The van der Waals surface area contributed by atoms with E-state index >= 15 is 0 Å². The summed E-state index contributed by atoms with van der Waals surface area (Å²) in [6.45, 7) is 11.6. The molecule has 104 valence electrons. The molecule has 2 aliphatic heterocycles. The monoisotopic (exact) mass is 253 g/mol. The van der Waals surface area contributed by atoms with Gasteiger partial charge in [0.2, 0.25) is 5.91 Å². The minimum atomic E-state index is 0.232. The van der Waals surface area contributed by atoms with E-state index < -0.39 is 0 Å². The molecule has 0 bridgehead atoms. The number of hydrogen-bond donors (Lipinski definition) is 1. The van der Waals surface area contributed by atoms with Crippen LogP contribution in [0.1, 0.15) is 26.7 Å². The Bertz CT molecular complexity index is 266.